The van der Waals surface area contributed by atoms with Gasteiger partial charge in [0.25, 0.3) is 0 Å². The first-order valence-corrected chi connectivity index (χ1v) is 8.04. The quantitative estimate of drug-likeness (QED) is 0.856. The molecule has 0 unspecified atom stereocenters. The molecular weight excluding hydrogens is 262 g/mol. The normalized spacial score (nSPS) is 21.3. The van der Waals surface area contributed by atoms with Crippen LogP contribution in [0.2, 0.25) is 0 Å². The fourth-order valence-corrected chi connectivity index (χ4v) is 4.33. The lowest BCUT2D eigenvalue weighted by Gasteiger charge is -2.30. The molecule has 0 bridgehead atoms. The van der Waals surface area contributed by atoms with E-state index in [1.807, 2.05) is 13.0 Å². The molecule has 0 N–H and O–H groups in total. The molecule has 0 amide bonds. The van der Waals surface area contributed by atoms with Crippen LogP contribution in [0.3, 0.4) is 0 Å². The zero-order valence-corrected chi connectivity index (χ0v) is 12.5. The van der Waals surface area contributed by atoms with Gasteiger partial charge in [0.15, 0.2) is 0 Å². The van der Waals surface area contributed by atoms with Gasteiger partial charge in [0.2, 0.25) is 10.0 Å². The second-order valence-electron chi connectivity index (χ2n) is 5.26. The summed E-state index contributed by atoms with van der Waals surface area (Å²) in [6.07, 6.45) is 2.02. The lowest BCUT2D eigenvalue weighted by molar-refractivity contribution is 0.280. The van der Waals surface area contributed by atoms with E-state index in [0.717, 1.165) is 18.4 Å². The highest BCUT2D eigenvalue weighted by atomic mass is 32.2. The van der Waals surface area contributed by atoms with Crippen LogP contribution in [0.25, 0.3) is 0 Å². The van der Waals surface area contributed by atoms with Crippen LogP contribution in [0.15, 0.2) is 23.1 Å². The third kappa shape index (κ3) is 2.92. The number of hydrogen-bond acceptors (Lipinski definition) is 3. The molecule has 0 aromatic heterocycles. The average Bonchev–Trinajstić information content (AvgIpc) is 2.38. The highest BCUT2D eigenvalue weighted by Gasteiger charge is 2.30. The number of piperidine rings is 1. The van der Waals surface area contributed by atoms with Crippen molar-refractivity contribution in [1.29, 1.82) is 0 Å². The summed E-state index contributed by atoms with van der Waals surface area (Å²) in [7, 11) is -1.95. The molecule has 1 atom stereocenters. The van der Waals surface area contributed by atoms with E-state index >= 15 is 0 Å². The monoisotopic (exact) mass is 283 g/mol. The van der Waals surface area contributed by atoms with E-state index in [4.69, 9.17) is 4.74 Å². The number of aryl methyl sites for hydroxylation is 1. The van der Waals surface area contributed by atoms with Gasteiger partial charge in [0, 0.05) is 13.1 Å². The van der Waals surface area contributed by atoms with E-state index in [2.05, 4.69) is 6.92 Å². The van der Waals surface area contributed by atoms with Crippen molar-refractivity contribution in [3.05, 3.63) is 23.8 Å². The van der Waals surface area contributed by atoms with Crippen molar-refractivity contribution in [3.63, 3.8) is 0 Å². The molecule has 1 aliphatic rings. The van der Waals surface area contributed by atoms with Gasteiger partial charge in [-0.2, -0.15) is 4.31 Å². The molecule has 0 spiro atoms. The van der Waals surface area contributed by atoms with Gasteiger partial charge >= 0.3 is 0 Å². The molecule has 1 aromatic rings. The summed E-state index contributed by atoms with van der Waals surface area (Å²) in [4.78, 5) is 0.282. The van der Waals surface area contributed by atoms with Crippen molar-refractivity contribution in [2.75, 3.05) is 20.2 Å². The number of hydrogen-bond donors (Lipinski definition) is 0. The second-order valence-corrected chi connectivity index (χ2v) is 7.17. The Morgan fingerprint density at radius 2 is 2.11 bits per heavy atom. The molecular formula is C14H21NO3S. The van der Waals surface area contributed by atoms with Crippen LogP contribution in [0.5, 0.6) is 5.75 Å². The van der Waals surface area contributed by atoms with E-state index in [-0.39, 0.29) is 4.90 Å². The number of benzene rings is 1. The molecule has 1 aromatic carbocycles. The molecule has 5 heteroatoms. The largest absolute Gasteiger partial charge is 0.495 e. The maximum atomic E-state index is 12.7. The smallest absolute Gasteiger partial charge is 0.246 e. The SMILES string of the molecule is COc1ccc(C)cc1S(=O)(=O)N1CCC[C@@H](C)C1. The van der Waals surface area contributed by atoms with Crippen LogP contribution in [-0.4, -0.2) is 32.9 Å². The van der Waals surface area contributed by atoms with Gasteiger partial charge in [-0.3, -0.25) is 0 Å². The molecule has 106 valence electrons. The zero-order chi connectivity index (χ0) is 14.0. The zero-order valence-electron chi connectivity index (χ0n) is 11.7. The molecule has 4 nitrogen and oxygen atoms in total. The summed E-state index contributed by atoms with van der Waals surface area (Å²) in [5.74, 6) is 0.836. The Labute approximate surface area is 115 Å². The van der Waals surface area contributed by atoms with Gasteiger partial charge in [-0.05, 0) is 43.4 Å². The van der Waals surface area contributed by atoms with Crippen molar-refractivity contribution in [1.82, 2.24) is 4.31 Å². The summed E-state index contributed by atoms with van der Waals surface area (Å²) in [6, 6.07) is 5.26. The minimum absolute atomic E-state index is 0.282. The van der Waals surface area contributed by atoms with Crippen molar-refractivity contribution in [2.24, 2.45) is 5.92 Å². The number of rotatable bonds is 3. The number of sulfonamides is 1. The highest BCUT2D eigenvalue weighted by Crippen LogP contribution is 2.30. The second kappa shape index (κ2) is 5.51. The first-order chi connectivity index (χ1) is 8.95. The summed E-state index contributed by atoms with van der Waals surface area (Å²) in [6.45, 7) is 5.18. The number of nitrogens with zero attached hydrogens (tertiary/aromatic N) is 1. The molecule has 1 saturated heterocycles. The maximum Gasteiger partial charge on any atom is 0.246 e. The Balaban J connectivity index is 2.41. The lowest BCUT2D eigenvalue weighted by atomic mass is 10.0. The van der Waals surface area contributed by atoms with Gasteiger partial charge in [-0.25, -0.2) is 8.42 Å². The van der Waals surface area contributed by atoms with Crippen LogP contribution < -0.4 is 4.74 Å². The van der Waals surface area contributed by atoms with Gasteiger partial charge < -0.3 is 4.74 Å². The van der Waals surface area contributed by atoms with Crippen LogP contribution in [0.1, 0.15) is 25.3 Å². The van der Waals surface area contributed by atoms with Crippen molar-refractivity contribution in [2.45, 2.75) is 31.6 Å². The summed E-state index contributed by atoms with van der Waals surface area (Å²) >= 11 is 0. The predicted octanol–water partition coefficient (Wildman–Crippen LogP) is 2.42. The Bertz CT molecular complexity index is 554. The van der Waals surface area contributed by atoms with E-state index in [0.29, 0.717) is 24.8 Å². The minimum atomic E-state index is -3.45. The fraction of sp³-hybridized carbons (Fsp3) is 0.571. The van der Waals surface area contributed by atoms with Crippen LogP contribution >= 0.6 is 0 Å². The van der Waals surface area contributed by atoms with E-state index in [1.54, 1.807) is 16.4 Å². The van der Waals surface area contributed by atoms with E-state index in [9.17, 15) is 8.42 Å². The third-order valence-corrected chi connectivity index (χ3v) is 5.44. The Kier molecular flexibility index (Phi) is 4.16. The molecule has 1 aliphatic heterocycles. The molecule has 19 heavy (non-hydrogen) atoms. The summed E-state index contributed by atoms with van der Waals surface area (Å²) < 4.78 is 32.2. The predicted molar refractivity (Wildman–Crippen MR) is 74.9 cm³/mol. The highest BCUT2D eigenvalue weighted by molar-refractivity contribution is 7.89. The molecule has 1 fully saturated rings. The molecule has 2 rings (SSSR count). The Hall–Kier alpha value is -1.07. The van der Waals surface area contributed by atoms with Crippen LogP contribution in [0, 0.1) is 12.8 Å². The topological polar surface area (TPSA) is 46.6 Å². The number of ether oxygens (including phenoxy) is 1. The molecule has 0 aliphatic carbocycles. The van der Waals surface area contributed by atoms with Crippen molar-refractivity contribution >= 4 is 10.0 Å². The van der Waals surface area contributed by atoms with Crippen molar-refractivity contribution in [3.8, 4) is 5.75 Å². The van der Waals surface area contributed by atoms with Crippen LogP contribution in [-0.2, 0) is 10.0 Å². The molecule has 1 heterocycles. The number of methoxy groups -OCH3 is 1. The van der Waals surface area contributed by atoms with E-state index in [1.165, 1.54) is 7.11 Å². The lowest BCUT2D eigenvalue weighted by Crippen LogP contribution is -2.39. The average molecular weight is 283 g/mol. The maximum absolute atomic E-state index is 12.7. The standard InChI is InChI=1S/C14H21NO3S/c1-11-6-7-13(18-3)14(9-11)19(16,17)15-8-4-5-12(2)10-15/h6-7,9,12H,4-5,8,10H2,1-3H3/t12-/m1/s1. The fourth-order valence-electron chi connectivity index (χ4n) is 2.49. The van der Waals surface area contributed by atoms with Crippen molar-refractivity contribution < 1.29 is 13.2 Å². The third-order valence-electron chi connectivity index (χ3n) is 3.56. The van der Waals surface area contributed by atoms with E-state index < -0.39 is 10.0 Å². The van der Waals surface area contributed by atoms with Gasteiger partial charge in [-0.1, -0.05) is 13.0 Å². The summed E-state index contributed by atoms with van der Waals surface area (Å²) in [5, 5.41) is 0. The van der Waals surface area contributed by atoms with Gasteiger partial charge in [0.1, 0.15) is 10.6 Å². The molecule has 0 saturated carbocycles. The Morgan fingerprint density at radius 1 is 1.37 bits per heavy atom. The first kappa shape index (κ1) is 14.3. The summed E-state index contributed by atoms with van der Waals surface area (Å²) in [5.41, 5.74) is 0.921. The van der Waals surface area contributed by atoms with Gasteiger partial charge in [-0.15, -0.1) is 0 Å². The first-order valence-electron chi connectivity index (χ1n) is 6.60. The van der Waals surface area contributed by atoms with Crippen LogP contribution in [0.4, 0.5) is 0 Å². The Morgan fingerprint density at radius 3 is 2.74 bits per heavy atom. The van der Waals surface area contributed by atoms with Gasteiger partial charge in [0.05, 0.1) is 7.11 Å². The minimum Gasteiger partial charge on any atom is -0.495 e. The molecule has 0 radical (unpaired) electrons.